The second kappa shape index (κ2) is 8.25. The van der Waals surface area contributed by atoms with Crippen LogP contribution in [-0.2, 0) is 16.0 Å². The number of likely N-dealkylation sites (N-methyl/N-ethyl adjacent to an activating group) is 1. The molecule has 2 amide bonds. The van der Waals surface area contributed by atoms with E-state index in [1.165, 1.54) is 0 Å². The monoisotopic (exact) mass is 380 g/mol. The first-order chi connectivity index (χ1) is 13.4. The number of ketones is 1. The van der Waals surface area contributed by atoms with Crippen molar-refractivity contribution >= 4 is 23.3 Å². The van der Waals surface area contributed by atoms with Crippen molar-refractivity contribution in [3.63, 3.8) is 0 Å². The highest BCUT2D eigenvalue weighted by Gasteiger charge is 2.24. The fourth-order valence-corrected chi connectivity index (χ4v) is 3.18. The van der Waals surface area contributed by atoms with Gasteiger partial charge in [0.25, 0.3) is 5.91 Å². The topological polar surface area (TPSA) is 75.7 Å². The van der Waals surface area contributed by atoms with Crippen molar-refractivity contribution in [1.82, 2.24) is 5.32 Å². The minimum atomic E-state index is -0.269. The van der Waals surface area contributed by atoms with Gasteiger partial charge in [0.1, 0.15) is 5.75 Å². The van der Waals surface area contributed by atoms with Gasteiger partial charge < -0.3 is 15.0 Å². The largest absolute Gasteiger partial charge is 0.483 e. The molecule has 1 aliphatic rings. The summed E-state index contributed by atoms with van der Waals surface area (Å²) in [5, 5.41) is 2.71. The van der Waals surface area contributed by atoms with Crippen LogP contribution in [0.15, 0.2) is 36.4 Å². The lowest BCUT2D eigenvalue weighted by Gasteiger charge is -2.11. The average molecular weight is 380 g/mol. The fourth-order valence-electron chi connectivity index (χ4n) is 3.18. The van der Waals surface area contributed by atoms with Crippen LogP contribution in [0.3, 0.4) is 0 Å². The van der Waals surface area contributed by atoms with Gasteiger partial charge in [0.2, 0.25) is 5.91 Å². The van der Waals surface area contributed by atoms with Crippen molar-refractivity contribution in [1.29, 1.82) is 0 Å². The van der Waals surface area contributed by atoms with Gasteiger partial charge in [-0.1, -0.05) is 12.1 Å². The van der Waals surface area contributed by atoms with Crippen molar-refractivity contribution in [2.75, 3.05) is 25.1 Å². The molecule has 1 heterocycles. The Labute approximate surface area is 164 Å². The molecule has 6 heteroatoms. The molecule has 28 heavy (non-hydrogen) atoms. The molecule has 0 atom stereocenters. The number of aryl methyl sites for hydroxylation is 1. The maximum atomic E-state index is 12.4. The normalized spacial score (nSPS) is 12.7. The van der Waals surface area contributed by atoms with Gasteiger partial charge in [-0.05, 0) is 54.8 Å². The number of rotatable bonds is 7. The van der Waals surface area contributed by atoms with Crippen molar-refractivity contribution in [3.05, 3.63) is 58.7 Å². The van der Waals surface area contributed by atoms with Gasteiger partial charge in [-0.2, -0.15) is 0 Å². The first-order valence-electron chi connectivity index (χ1n) is 9.25. The molecule has 1 aliphatic heterocycles. The van der Waals surface area contributed by atoms with Crippen LogP contribution in [0.25, 0.3) is 0 Å². The Morgan fingerprint density at radius 1 is 1.18 bits per heavy atom. The molecule has 0 unspecified atom stereocenters. The van der Waals surface area contributed by atoms with E-state index in [2.05, 4.69) is 5.32 Å². The first-order valence-corrected chi connectivity index (χ1v) is 9.25. The summed E-state index contributed by atoms with van der Waals surface area (Å²) in [7, 11) is 1.73. The first kappa shape index (κ1) is 19.6. The van der Waals surface area contributed by atoms with Gasteiger partial charge >= 0.3 is 0 Å². The summed E-state index contributed by atoms with van der Waals surface area (Å²) in [6.07, 6.45) is 0.511. The van der Waals surface area contributed by atoms with Gasteiger partial charge in [-0.25, -0.2) is 0 Å². The number of anilines is 1. The van der Waals surface area contributed by atoms with Gasteiger partial charge in [0.05, 0.1) is 6.42 Å². The van der Waals surface area contributed by atoms with Crippen LogP contribution in [0.1, 0.15) is 33.5 Å². The lowest BCUT2D eigenvalue weighted by atomic mass is 10.0. The molecule has 0 fully saturated rings. The number of nitrogens with one attached hydrogen (secondary N) is 1. The quantitative estimate of drug-likeness (QED) is 0.749. The van der Waals surface area contributed by atoms with Crippen LogP contribution in [0, 0.1) is 13.8 Å². The summed E-state index contributed by atoms with van der Waals surface area (Å²) in [4.78, 5) is 37.7. The SMILES string of the molecule is Cc1cccc(OCC(=O)NCCC(=O)c2ccc3c(c2)CC(=O)N3C)c1C. The van der Waals surface area contributed by atoms with E-state index in [0.717, 1.165) is 22.4 Å². The Kier molecular flexibility index (Phi) is 5.78. The highest BCUT2D eigenvalue weighted by molar-refractivity contribution is 6.03. The van der Waals surface area contributed by atoms with Crippen LogP contribution in [-0.4, -0.2) is 37.8 Å². The van der Waals surface area contributed by atoms with Crippen molar-refractivity contribution in [2.24, 2.45) is 0 Å². The predicted octanol–water partition coefficient (Wildman–Crippen LogP) is 2.59. The number of ether oxygens (including phenoxy) is 1. The lowest BCUT2D eigenvalue weighted by molar-refractivity contribution is -0.123. The molecular formula is C22H24N2O4. The van der Waals surface area contributed by atoms with Crippen LogP contribution in [0.4, 0.5) is 5.69 Å². The Morgan fingerprint density at radius 3 is 2.75 bits per heavy atom. The number of amides is 2. The standard InChI is InChI=1S/C22H24N2O4/c1-14-5-4-6-20(15(14)2)28-13-21(26)23-10-9-19(25)16-7-8-18-17(11-16)12-22(27)24(18)3/h4-8,11H,9-10,12-13H2,1-3H3,(H,23,26). The predicted molar refractivity (Wildman–Crippen MR) is 107 cm³/mol. The molecule has 0 saturated heterocycles. The number of carbonyl (C=O) groups is 3. The summed E-state index contributed by atoms with van der Waals surface area (Å²) in [5.41, 5.74) is 4.38. The van der Waals surface area contributed by atoms with Gasteiger partial charge in [-0.15, -0.1) is 0 Å². The molecule has 0 bridgehead atoms. The summed E-state index contributed by atoms with van der Waals surface area (Å²) in [5.74, 6) is 0.370. The number of fused-ring (bicyclic) bond motifs is 1. The Hall–Kier alpha value is -3.15. The number of carbonyl (C=O) groups excluding carboxylic acids is 3. The lowest BCUT2D eigenvalue weighted by Crippen LogP contribution is -2.30. The van der Waals surface area contributed by atoms with Crippen molar-refractivity contribution < 1.29 is 19.1 Å². The minimum absolute atomic E-state index is 0.0238. The highest BCUT2D eigenvalue weighted by atomic mass is 16.5. The zero-order valence-corrected chi connectivity index (χ0v) is 16.4. The Bertz CT molecular complexity index is 936. The molecule has 0 spiro atoms. The average Bonchev–Trinajstić information content (AvgIpc) is 2.96. The summed E-state index contributed by atoms with van der Waals surface area (Å²) in [6.45, 7) is 4.08. The molecular weight excluding hydrogens is 356 g/mol. The second-order valence-corrected chi connectivity index (χ2v) is 6.98. The van der Waals surface area contributed by atoms with Gasteiger partial charge in [0.15, 0.2) is 12.4 Å². The molecule has 2 aromatic rings. The molecule has 3 rings (SSSR count). The van der Waals surface area contributed by atoms with E-state index in [-0.39, 0.29) is 37.2 Å². The molecule has 0 saturated carbocycles. The third kappa shape index (κ3) is 4.22. The maximum Gasteiger partial charge on any atom is 0.257 e. The Morgan fingerprint density at radius 2 is 1.96 bits per heavy atom. The number of Topliss-reactive ketones (excluding diaryl/α,β-unsaturated/α-hetero) is 1. The van der Waals surface area contributed by atoms with E-state index >= 15 is 0 Å². The van der Waals surface area contributed by atoms with E-state index in [1.54, 1.807) is 30.1 Å². The van der Waals surface area contributed by atoms with Crippen molar-refractivity contribution in [2.45, 2.75) is 26.7 Å². The van der Waals surface area contributed by atoms with E-state index < -0.39 is 0 Å². The van der Waals surface area contributed by atoms with E-state index in [4.69, 9.17) is 4.74 Å². The highest BCUT2D eigenvalue weighted by Crippen LogP contribution is 2.28. The fraction of sp³-hybridized carbons (Fsp3) is 0.318. The van der Waals surface area contributed by atoms with E-state index in [0.29, 0.717) is 17.7 Å². The Balaban J connectivity index is 1.46. The molecule has 0 aromatic heterocycles. The number of hydrogen-bond acceptors (Lipinski definition) is 4. The maximum absolute atomic E-state index is 12.4. The molecule has 6 nitrogen and oxygen atoms in total. The van der Waals surface area contributed by atoms with E-state index in [9.17, 15) is 14.4 Å². The second-order valence-electron chi connectivity index (χ2n) is 6.98. The van der Waals surface area contributed by atoms with Gasteiger partial charge in [-0.3, -0.25) is 14.4 Å². The zero-order chi connectivity index (χ0) is 20.3. The van der Waals surface area contributed by atoms with Crippen LogP contribution in [0.5, 0.6) is 5.75 Å². The smallest absolute Gasteiger partial charge is 0.257 e. The number of nitrogens with zero attached hydrogens (tertiary/aromatic N) is 1. The van der Waals surface area contributed by atoms with Crippen LogP contribution in [0.2, 0.25) is 0 Å². The summed E-state index contributed by atoms with van der Waals surface area (Å²) >= 11 is 0. The molecule has 146 valence electrons. The third-order valence-electron chi connectivity index (χ3n) is 5.07. The third-order valence-corrected chi connectivity index (χ3v) is 5.07. The zero-order valence-electron chi connectivity index (χ0n) is 16.4. The number of benzene rings is 2. The molecule has 0 aliphatic carbocycles. The van der Waals surface area contributed by atoms with Crippen LogP contribution < -0.4 is 15.0 Å². The summed E-state index contributed by atoms with van der Waals surface area (Å²) < 4.78 is 5.56. The molecule has 1 N–H and O–H groups in total. The number of hydrogen-bond donors (Lipinski definition) is 1. The molecule has 0 radical (unpaired) electrons. The van der Waals surface area contributed by atoms with E-state index in [1.807, 2.05) is 32.0 Å². The minimum Gasteiger partial charge on any atom is -0.483 e. The molecule has 2 aromatic carbocycles. The van der Waals surface area contributed by atoms with Crippen molar-refractivity contribution in [3.8, 4) is 5.75 Å². The summed E-state index contributed by atoms with van der Waals surface area (Å²) in [6, 6.07) is 11.0. The van der Waals surface area contributed by atoms with Gasteiger partial charge in [0, 0.05) is 31.3 Å². The van der Waals surface area contributed by atoms with Crippen LogP contribution >= 0.6 is 0 Å².